The second-order valence-electron chi connectivity index (χ2n) is 7.59. The predicted molar refractivity (Wildman–Crippen MR) is 119 cm³/mol. The molecule has 0 amide bonds. The van der Waals surface area contributed by atoms with Gasteiger partial charge in [-0.1, -0.05) is 96.5 Å². The van der Waals surface area contributed by atoms with Crippen LogP contribution >= 0.6 is 0 Å². The van der Waals surface area contributed by atoms with Gasteiger partial charge < -0.3 is 16.0 Å². The Balaban J connectivity index is 3.03. The topological polar surface area (TPSA) is 36.1 Å². The predicted octanol–water partition coefficient (Wildman–Crippen LogP) is 5.77. The molecule has 0 atom stereocenters. The zero-order valence-corrected chi connectivity index (χ0v) is 18.1. The van der Waals surface area contributed by atoms with E-state index in [1.807, 2.05) is 7.05 Å². The molecule has 0 spiro atoms. The van der Waals surface area contributed by atoms with Gasteiger partial charge in [-0.15, -0.1) is 0 Å². The maximum atomic E-state index is 3.38. The van der Waals surface area contributed by atoms with Crippen molar-refractivity contribution in [2.75, 3.05) is 33.2 Å². The molecule has 0 aliphatic rings. The molecule has 0 aromatic rings. The number of unbranched alkanes of at least 4 members (excludes halogenated alkanes) is 14. The van der Waals surface area contributed by atoms with Crippen LogP contribution in [0.1, 0.15) is 103 Å². The molecule has 0 aromatic heterocycles. The molecular formula is C23H49N3. The van der Waals surface area contributed by atoms with Crippen molar-refractivity contribution < 1.29 is 0 Å². The fourth-order valence-corrected chi connectivity index (χ4v) is 3.21. The molecule has 0 bridgehead atoms. The smallest absolute Gasteiger partial charge is 0.0266 e. The average Bonchev–Trinajstić information content (AvgIpc) is 2.66. The first-order chi connectivity index (χ1) is 12.9. The summed E-state index contributed by atoms with van der Waals surface area (Å²) in [5.41, 5.74) is 0. The monoisotopic (exact) mass is 367 g/mol. The largest absolute Gasteiger partial charge is 0.390 e. The summed E-state index contributed by atoms with van der Waals surface area (Å²) in [4.78, 5) is 0. The highest BCUT2D eigenvalue weighted by Gasteiger charge is 1.93. The van der Waals surface area contributed by atoms with Gasteiger partial charge in [0.05, 0.1) is 0 Å². The first-order valence-electron chi connectivity index (χ1n) is 11.7. The van der Waals surface area contributed by atoms with Crippen LogP contribution in [0.4, 0.5) is 0 Å². The first-order valence-corrected chi connectivity index (χ1v) is 11.7. The minimum atomic E-state index is 1.01. The summed E-state index contributed by atoms with van der Waals surface area (Å²) < 4.78 is 0. The number of rotatable bonds is 22. The van der Waals surface area contributed by atoms with E-state index in [4.69, 9.17) is 0 Å². The fourth-order valence-electron chi connectivity index (χ4n) is 3.21. The highest BCUT2D eigenvalue weighted by molar-refractivity contribution is 4.79. The van der Waals surface area contributed by atoms with E-state index in [-0.39, 0.29) is 0 Å². The quantitative estimate of drug-likeness (QED) is 0.213. The minimum absolute atomic E-state index is 1.01. The molecule has 0 heterocycles. The third kappa shape index (κ3) is 23.5. The second-order valence-corrected chi connectivity index (χ2v) is 7.59. The van der Waals surface area contributed by atoms with E-state index in [1.165, 1.54) is 96.3 Å². The molecule has 0 fully saturated rings. The van der Waals surface area contributed by atoms with Gasteiger partial charge in [-0.2, -0.15) is 0 Å². The molecule has 0 saturated heterocycles. The number of hydrogen-bond acceptors (Lipinski definition) is 3. The van der Waals surface area contributed by atoms with Crippen molar-refractivity contribution in [1.82, 2.24) is 16.0 Å². The van der Waals surface area contributed by atoms with Crippen molar-refractivity contribution in [3.63, 3.8) is 0 Å². The second kappa shape index (κ2) is 24.5. The molecule has 0 aliphatic carbocycles. The standard InChI is InChI=1S/C23H49N3/c1-3-4-5-6-7-8-9-10-11-12-13-14-15-16-17-18-19-25-22-23-26-21-20-24-2/h18-19,24-26H,3-17,20-23H2,1-2H3. The Morgan fingerprint density at radius 2 is 1.08 bits per heavy atom. The summed E-state index contributed by atoms with van der Waals surface area (Å²) in [5.74, 6) is 0. The normalized spacial score (nSPS) is 11.5. The average molecular weight is 368 g/mol. The minimum Gasteiger partial charge on any atom is -0.390 e. The molecule has 156 valence electrons. The van der Waals surface area contributed by atoms with Crippen LogP contribution in [-0.4, -0.2) is 33.2 Å². The summed E-state index contributed by atoms with van der Waals surface area (Å²) in [6, 6.07) is 0. The molecular weight excluding hydrogens is 318 g/mol. The van der Waals surface area contributed by atoms with E-state index < -0.39 is 0 Å². The van der Waals surface area contributed by atoms with Crippen molar-refractivity contribution >= 4 is 0 Å². The van der Waals surface area contributed by atoms with Gasteiger partial charge in [-0.25, -0.2) is 0 Å². The number of hydrogen-bond donors (Lipinski definition) is 3. The van der Waals surface area contributed by atoms with Crippen LogP contribution < -0.4 is 16.0 Å². The van der Waals surface area contributed by atoms with Gasteiger partial charge in [0.1, 0.15) is 0 Å². The highest BCUT2D eigenvalue weighted by Crippen LogP contribution is 2.13. The Morgan fingerprint density at radius 3 is 1.62 bits per heavy atom. The molecule has 0 unspecified atom stereocenters. The zero-order chi connectivity index (χ0) is 19.0. The van der Waals surface area contributed by atoms with Gasteiger partial charge in [-0.05, 0) is 26.1 Å². The van der Waals surface area contributed by atoms with Crippen LogP contribution in [0.15, 0.2) is 12.3 Å². The van der Waals surface area contributed by atoms with Crippen molar-refractivity contribution in [1.29, 1.82) is 0 Å². The fraction of sp³-hybridized carbons (Fsp3) is 0.913. The van der Waals surface area contributed by atoms with Gasteiger partial charge in [0, 0.05) is 26.2 Å². The summed E-state index contributed by atoms with van der Waals surface area (Å²) in [6.45, 7) is 6.42. The third-order valence-corrected chi connectivity index (χ3v) is 4.96. The van der Waals surface area contributed by atoms with E-state index >= 15 is 0 Å². The molecule has 3 heteroatoms. The Morgan fingerprint density at radius 1 is 0.577 bits per heavy atom. The number of nitrogens with one attached hydrogen (secondary N) is 3. The lowest BCUT2D eigenvalue weighted by Gasteiger charge is -2.04. The van der Waals surface area contributed by atoms with E-state index in [0.717, 1.165) is 26.2 Å². The molecule has 0 rings (SSSR count). The van der Waals surface area contributed by atoms with Crippen LogP contribution in [0.5, 0.6) is 0 Å². The lowest BCUT2D eigenvalue weighted by molar-refractivity contribution is 0.536. The van der Waals surface area contributed by atoms with E-state index in [1.54, 1.807) is 0 Å². The molecule has 0 radical (unpaired) electrons. The molecule has 3 N–H and O–H groups in total. The maximum Gasteiger partial charge on any atom is 0.0266 e. The third-order valence-electron chi connectivity index (χ3n) is 4.96. The van der Waals surface area contributed by atoms with Crippen molar-refractivity contribution in [3.8, 4) is 0 Å². The lowest BCUT2D eigenvalue weighted by atomic mass is 10.0. The van der Waals surface area contributed by atoms with Crippen molar-refractivity contribution in [2.24, 2.45) is 0 Å². The molecule has 0 aromatic carbocycles. The molecule has 0 saturated carbocycles. The van der Waals surface area contributed by atoms with Gasteiger partial charge in [0.2, 0.25) is 0 Å². The van der Waals surface area contributed by atoms with Gasteiger partial charge in [-0.3, -0.25) is 0 Å². The summed E-state index contributed by atoms with van der Waals surface area (Å²) in [7, 11) is 1.99. The summed E-state index contributed by atoms with van der Waals surface area (Å²) in [6.07, 6.45) is 25.7. The zero-order valence-electron chi connectivity index (χ0n) is 18.1. The van der Waals surface area contributed by atoms with E-state index in [0.29, 0.717) is 0 Å². The molecule has 3 nitrogen and oxygen atoms in total. The number of likely N-dealkylation sites (N-methyl/N-ethyl adjacent to an activating group) is 1. The summed E-state index contributed by atoms with van der Waals surface area (Å²) in [5, 5.41) is 9.87. The van der Waals surface area contributed by atoms with Crippen LogP contribution in [0, 0.1) is 0 Å². The van der Waals surface area contributed by atoms with Crippen LogP contribution in [-0.2, 0) is 0 Å². The van der Waals surface area contributed by atoms with E-state index in [9.17, 15) is 0 Å². The van der Waals surface area contributed by atoms with Crippen LogP contribution in [0.2, 0.25) is 0 Å². The van der Waals surface area contributed by atoms with Crippen molar-refractivity contribution in [2.45, 2.75) is 103 Å². The highest BCUT2D eigenvalue weighted by atomic mass is 15.0. The Bertz CT molecular complexity index is 266. The Hall–Kier alpha value is -0.540. The Labute approximate surface area is 165 Å². The van der Waals surface area contributed by atoms with Gasteiger partial charge in [0.25, 0.3) is 0 Å². The molecule has 26 heavy (non-hydrogen) atoms. The first kappa shape index (κ1) is 25.5. The lowest BCUT2D eigenvalue weighted by Crippen LogP contribution is -2.30. The summed E-state index contributed by atoms with van der Waals surface area (Å²) >= 11 is 0. The Kier molecular flexibility index (Phi) is 24.0. The van der Waals surface area contributed by atoms with Gasteiger partial charge >= 0.3 is 0 Å². The van der Waals surface area contributed by atoms with Crippen molar-refractivity contribution in [3.05, 3.63) is 12.3 Å². The van der Waals surface area contributed by atoms with Crippen LogP contribution in [0.3, 0.4) is 0 Å². The SMILES string of the molecule is CCCCCCCCCCCCCCCCC=CNCCNCCNC. The number of allylic oxidation sites excluding steroid dienone is 1. The maximum absolute atomic E-state index is 3.38. The van der Waals surface area contributed by atoms with E-state index in [2.05, 4.69) is 35.2 Å². The van der Waals surface area contributed by atoms with Crippen LogP contribution in [0.25, 0.3) is 0 Å². The van der Waals surface area contributed by atoms with Gasteiger partial charge in [0.15, 0.2) is 0 Å². The molecule has 0 aliphatic heterocycles.